The van der Waals surface area contributed by atoms with E-state index in [1.807, 2.05) is 6.08 Å². The zero-order chi connectivity index (χ0) is 12.0. The van der Waals surface area contributed by atoms with Crippen LogP contribution < -0.4 is 0 Å². The van der Waals surface area contributed by atoms with Crippen LogP contribution in [0.15, 0.2) is 12.7 Å². The van der Waals surface area contributed by atoms with Gasteiger partial charge >= 0.3 is 0 Å². The van der Waals surface area contributed by atoms with E-state index in [2.05, 4.69) is 6.58 Å². The minimum absolute atomic E-state index is 0.108. The van der Waals surface area contributed by atoms with Crippen molar-refractivity contribution in [3.05, 3.63) is 12.7 Å². The van der Waals surface area contributed by atoms with Crippen molar-refractivity contribution < 1.29 is 13.6 Å². The van der Waals surface area contributed by atoms with E-state index in [1.54, 1.807) is 0 Å². The van der Waals surface area contributed by atoms with Crippen molar-refractivity contribution in [2.45, 2.75) is 57.3 Å². The third-order valence-corrected chi connectivity index (χ3v) is 3.25. The molecule has 0 heterocycles. The van der Waals surface area contributed by atoms with Gasteiger partial charge in [0.15, 0.2) is 0 Å². The van der Waals surface area contributed by atoms with Crippen LogP contribution in [0, 0.1) is 5.92 Å². The first-order valence-electron chi connectivity index (χ1n) is 6.06. The number of hydrogen-bond acceptors (Lipinski definition) is 1. The second kappa shape index (κ2) is 6.12. The molecule has 92 valence electrons. The third kappa shape index (κ3) is 4.42. The number of ketones is 1. The van der Waals surface area contributed by atoms with Gasteiger partial charge in [0.2, 0.25) is 5.92 Å². The van der Waals surface area contributed by atoms with Crippen LogP contribution in [-0.4, -0.2) is 11.7 Å². The van der Waals surface area contributed by atoms with E-state index in [9.17, 15) is 13.6 Å². The number of carbonyl (C=O) groups excluding carboxylic acids is 1. The minimum Gasteiger partial charge on any atom is -0.299 e. The van der Waals surface area contributed by atoms with E-state index < -0.39 is 5.92 Å². The van der Waals surface area contributed by atoms with Crippen molar-refractivity contribution in [2.24, 2.45) is 5.92 Å². The monoisotopic (exact) mass is 230 g/mol. The van der Waals surface area contributed by atoms with Crippen LogP contribution in [0.2, 0.25) is 0 Å². The van der Waals surface area contributed by atoms with Crippen molar-refractivity contribution >= 4 is 5.78 Å². The van der Waals surface area contributed by atoms with Gasteiger partial charge in [0.25, 0.3) is 0 Å². The molecule has 1 aliphatic rings. The number of hydrogen-bond donors (Lipinski definition) is 0. The highest BCUT2D eigenvalue weighted by atomic mass is 19.3. The summed E-state index contributed by atoms with van der Waals surface area (Å²) >= 11 is 0. The van der Waals surface area contributed by atoms with Gasteiger partial charge in [-0.25, -0.2) is 8.78 Å². The van der Waals surface area contributed by atoms with Gasteiger partial charge in [0.1, 0.15) is 5.78 Å². The lowest BCUT2D eigenvalue weighted by atomic mass is 9.83. The summed E-state index contributed by atoms with van der Waals surface area (Å²) in [7, 11) is 0. The van der Waals surface area contributed by atoms with Gasteiger partial charge < -0.3 is 0 Å². The smallest absolute Gasteiger partial charge is 0.248 e. The second-order valence-corrected chi connectivity index (χ2v) is 4.63. The van der Waals surface area contributed by atoms with Crippen LogP contribution in [0.3, 0.4) is 0 Å². The predicted molar refractivity (Wildman–Crippen MR) is 60.6 cm³/mol. The molecule has 1 saturated carbocycles. The molecular formula is C13H20F2O. The summed E-state index contributed by atoms with van der Waals surface area (Å²) < 4.78 is 25.7. The molecule has 1 fully saturated rings. The molecule has 0 bridgehead atoms. The Morgan fingerprint density at radius 1 is 1.31 bits per heavy atom. The summed E-state index contributed by atoms with van der Waals surface area (Å²) in [4.78, 5) is 11.7. The summed E-state index contributed by atoms with van der Waals surface area (Å²) in [5.41, 5.74) is 0. The van der Waals surface area contributed by atoms with Crippen LogP contribution in [-0.2, 0) is 4.79 Å². The molecule has 0 N–H and O–H groups in total. The molecule has 16 heavy (non-hydrogen) atoms. The summed E-state index contributed by atoms with van der Waals surface area (Å²) in [6.07, 6.45) is 5.65. The average molecular weight is 230 g/mol. The second-order valence-electron chi connectivity index (χ2n) is 4.63. The van der Waals surface area contributed by atoms with Gasteiger partial charge in [-0.05, 0) is 32.1 Å². The average Bonchev–Trinajstić information content (AvgIpc) is 2.24. The Morgan fingerprint density at radius 2 is 1.94 bits per heavy atom. The Hall–Kier alpha value is -0.730. The maximum atomic E-state index is 12.9. The van der Waals surface area contributed by atoms with Gasteiger partial charge in [0.05, 0.1) is 0 Å². The summed E-state index contributed by atoms with van der Waals surface area (Å²) in [5.74, 6) is -2.46. The maximum absolute atomic E-state index is 12.9. The minimum atomic E-state index is -2.53. The SMILES string of the molecule is C=CCCCCC(=O)C1CCC(F)(F)CC1. The van der Waals surface area contributed by atoms with Crippen LogP contribution >= 0.6 is 0 Å². The van der Waals surface area contributed by atoms with E-state index in [0.29, 0.717) is 19.3 Å². The molecule has 0 amide bonds. The van der Waals surface area contributed by atoms with Gasteiger partial charge in [-0.3, -0.25) is 4.79 Å². The molecule has 0 atom stereocenters. The lowest BCUT2D eigenvalue weighted by molar-refractivity contribution is -0.127. The van der Waals surface area contributed by atoms with Crippen LogP contribution in [0.25, 0.3) is 0 Å². The Labute approximate surface area is 95.9 Å². The highest BCUT2D eigenvalue weighted by Gasteiger charge is 2.36. The zero-order valence-electron chi connectivity index (χ0n) is 9.68. The fraction of sp³-hybridized carbons (Fsp3) is 0.769. The summed E-state index contributed by atoms with van der Waals surface area (Å²) in [5, 5.41) is 0. The van der Waals surface area contributed by atoms with E-state index >= 15 is 0 Å². The number of unbranched alkanes of at least 4 members (excludes halogenated alkanes) is 2. The number of Topliss-reactive ketones (excluding diaryl/α,β-unsaturated/α-hetero) is 1. The number of carbonyl (C=O) groups is 1. The number of halogens is 2. The Morgan fingerprint density at radius 3 is 2.50 bits per heavy atom. The number of allylic oxidation sites excluding steroid dienone is 1. The summed E-state index contributed by atoms with van der Waals surface area (Å²) in [6.45, 7) is 3.61. The topological polar surface area (TPSA) is 17.1 Å². The van der Waals surface area contributed by atoms with E-state index in [-0.39, 0.29) is 24.5 Å². The standard InChI is InChI=1S/C13H20F2O/c1-2-3-4-5-6-12(16)11-7-9-13(14,15)10-8-11/h2,11H,1,3-10H2. The van der Waals surface area contributed by atoms with Crippen LogP contribution in [0.5, 0.6) is 0 Å². The number of alkyl halides is 2. The van der Waals surface area contributed by atoms with Gasteiger partial charge in [0, 0.05) is 25.2 Å². The normalized spacial score (nSPS) is 20.6. The molecule has 0 aromatic carbocycles. The van der Waals surface area contributed by atoms with E-state index in [1.165, 1.54) is 0 Å². The molecule has 1 nitrogen and oxygen atoms in total. The van der Waals surface area contributed by atoms with Crippen molar-refractivity contribution in [3.63, 3.8) is 0 Å². The van der Waals surface area contributed by atoms with Gasteiger partial charge in [-0.2, -0.15) is 0 Å². The molecule has 0 spiro atoms. The number of rotatable bonds is 6. The Kier molecular flexibility index (Phi) is 5.10. The maximum Gasteiger partial charge on any atom is 0.248 e. The molecule has 0 unspecified atom stereocenters. The lowest BCUT2D eigenvalue weighted by Crippen LogP contribution is -2.28. The highest BCUT2D eigenvalue weighted by Crippen LogP contribution is 2.36. The quantitative estimate of drug-likeness (QED) is 0.495. The first-order chi connectivity index (χ1) is 7.55. The van der Waals surface area contributed by atoms with E-state index in [4.69, 9.17) is 0 Å². The molecule has 1 rings (SSSR count). The fourth-order valence-corrected chi connectivity index (χ4v) is 2.15. The molecule has 0 aliphatic heterocycles. The molecular weight excluding hydrogens is 210 g/mol. The van der Waals surface area contributed by atoms with E-state index in [0.717, 1.165) is 19.3 Å². The van der Waals surface area contributed by atoms with Crippen molar-refractivity contribution in [2.75, 3.05) is 0 Å². The third-order valence-electron chi connectivity index (χ3n) is 3.25. The zero-order valence-corrected chi connectivity index (χ0v) is 9.68. The van der Waals surface area contributed by atoms with Crippen molar-refractivity contribution in [1.29, 1.82) is 0 Å². The Bertz CT molecular complexity index is 238. The Balaban J connectivity index is 2.20. The van der Waals surface area contributed by atoms with Gasteiger partial charge in [-0.15, -0.1) is 6.58 Å². The molecule has 0 aromatic rings. The molecule has 0 radical (unpaired) electrons. The molecule has 0 aromatic heterocycles. The van der Waals surface area contributed by atoms with Crippen molar-refractivity contribution in [1.82, 2.24) is 0 Å². The van der Waals surface area contributed by atoms with Crippen LogP contribution in [0.1, 0.15) is 51.4 Å². The predicted octanol–water partition coefficient (Wildman–Crippen LogP) is 4.13. The summed E-state index contributed by atoms with van der Waals surface area (Å²) in [6, 6.07) is 0. The van der Waals surface area contributed by atoms with Gasteiger partial charge in [-0.1, -0.05) is 6.08 Å². The molecule has 3 heteroatoms. The highest BCUT2D eigenvalue weighted by molar-refractivity contribution is 5.81. The largest absolute Gasteiger partial charge is 0.299 e. The first-order valence-corrected chi connectivity index (χ1v) is 6.06. The fourth-order valence-electron chi connectivity index (χ4n) is 2.15. The molecule has 1 aliphatic carbocycles. The van der Waals surface area contributed by atoms with Crippen molar-refractivity contribution in [3.8, 4) is 0 Å². The first kappa shape index (κ1) is 13.3. The van der Waals surface area contributed by atoms with Crippen LogP contribution in [0.4, 0.5) is 8.78 Å². The molecule has 0 saturated heterocycles. The lowest BCUT2D eigenvalue weighted by Gasteiger charge is -2.27.